The monoisotopic (exact) mass is 245 g/mol. The molecule has 0 aliphatic carbocycles. The van der Waals surface area contributed by atoms with Crippen molar-refractivity contribution in [3.05, 3.63) is 83.9 Å². The lowest BCUT2D eigenvalue weighted by Crippen LogP contribution is -2.00. The van der Waals surface area contributed by atoms with Gasteiger partial charge in [-0.15, -0.1) is 0 Å². The van der Waals surface area contributed by atoms with Crippen molar-refractivity contribution >= 4 is 21.0 Å². The second-order valence-electron chi connectivity index (χ2n) is 4.41. The molecule has 3 aromatic rings. The lowest BCUT2D eigenvalue weighted by atomic mass is 9.98. The zero-order valence-electron chi connectivity index (χ0n) is 10.0. The van der Waals surface area contributed by atoms with Crippen LogP contribution in [0.25, 0.3) is 10.8 Å². The van der Waals surface area contributed by atoms with Crippen molar-refractivity contribution in [1.82, 2.24) is 0 Å². The fourth-order valence-corrected chi connectivity index (χ4v) is 2.77. The summed E-state index contributed by atoms with van der Waals surface area (Å²) in [6, 6.07) is 25.5. The van der Waals surface area contributed by atoms with Gasteiger partial charge in [-0.25, -0.2) is 0 Å². The number of benzene rings is 3. The first kappa shape index (κ1) is 11.2. The molecule has 3 radical (unpaired) electrons. The minimum absolute atomic E-state index is 0.234. The van der Waals surface area contributed by atoms with Crippen LogP contribution in [0.15, 0.2) is 72.8 Å². The zero-order chi connectivity index (χ0) is 12.4. The van der Waals surface area contributed by atoms with Crippen molar-refractivity contribution in [3.63, 3.8) is 0 Å². The molecule has 18 heavy (non-hydrogen) atoms. The van der Waals surface area contributed by atoms with Crippen LogP contribution in [0, 0.1) is 0 Å². The highest BCUT2D eigenvalue weighted by molar-refractivity contribution is 6.16. The summed E-state index contributed by atoms with van der Waals surface area (Å²) in [7, 11) is 3.87. The fourth-order valence-electron chi connectivity index (χ4n) is 2.33. The number of rotatable bonds is 2. The van der Waals surface area contributed by atoms with E-state index < -0.39 is 0 Å². The van der Waals surface area contributed by atoms with Crippen molar-refractivity contribution < 1.29 is 0 Å². The topological polar surface area (TPSA) is 0 Å². The Balaban J connectivity index is 2.15. The van der Waals surface area contributed by atoms with Gasteiger partial charge < -0.3 is 0 Å². The van der Waals surface area contributed by atoms with Gasteiger partial charge in [0.05, 0.1) is 0 Å². The van der Waals surface area contributed by atoms with Gasteiger partial charge in [0, 0.05) is 10.2 Å². The molecule has 3 rings (SSSR count). The van der Waals surface area contributed by atoms with Crippen molar-refractivity contribution in [1.29, 1.82) is 0 Å². The van der Waals surface area contributed by atoms with Crippen molar-refractivity contribution in [2.24, 2.45) is 0 Å². The average molecular weight is 245 g/mol. The van der Waals surface area contributed by atoms with E-state index in [1.165, 1.54) is 21.9 Å². The fraction of sp³-hybridized carbons (Fsp3) is 0.0588. The summed E-state index contributed by atoms with van der Waals surface area (Å²) in [5, 5.41) is 2.60. The second kappa shape index (κ2) is 4.79. The Morgan fingerprint density at radius 3 is 2.17 bits per heavy atom. The Labute approximate surface area is 111 Å². The largest absolute Gasteiger partial charge is 0.0622 e. The third kappa shape index (κ3) is 1.98. The Morgan fingerprint density at radius 2 is 1.33 bits per heavy atom. The lowest BCUT2D eigenvalue weighted by molar-refractivity contribution is 1.16. The normalized spacial score (nSPS) is 12.5. The van der Waals surface area contributed by atoms with E-state index in [9.17, 15) is 0 Å². The van der Waals surface area contributed by atoms with Crippen LogP contribution in [0.5, 0.6) is 0 Å². The summed E-state index contributed by atoms with van der Waals surface area (Å²) in [6.45, 7) is 0. The first-order valence-electron chi connectivity index (χ1n) is 6.10. The average Bonchev–Trinajstić information content (AvgIpc) is 2.47. The van der Waals surface area contributed by atoms with Crippen LogP contribution >= 0.6 is 0 Å². The molecular formula is C17H13Si. The van der Waals surface area contributed by atoms with Crippen molar-refractivity contribution in [2.75, 3.05) is 0 Å². The molecule has 0 amide bonds. The third-order valence-corrected chi connectivity index (χ3v) is 3.91. The summed E-state index contributed by atoms with van der Waals surface area (Å²) in [4.78, 5) is 0. The summed E-state index contributed by atoms with van der Waals surface area (Å²) in [5.41, 5.74) is 2.83. The Morgan fingerprint density at radius 1 is 0.667 bits per heavy atom. The van der Waals surface area contributed by atoms with Crippen LogP contribution in [0.3, 0.4) is 0 Å². The molecule has 1 unspecified atom stereocenters. The molecule has 0 heterocycles. The predicted molar refractivity (Wildman–Crippen MR) is 78.0 cm³/mol. The van der Waals surface area contributed by atoms with E-state index in [0.717, 1.165) is 0 Å². The molecule has 0 spiro atoms. The molecule has 0 N–H and O–H groups in total. The number of hydrogen-bond acceptors (Lipinski definition) is 0. The molecule has 1 atom stereocenters. The number of hydrogen-bond donors (Lipinski definition) is 0. The third-order valence-electron chi connectivity index (χ3n) is 3.27. The van der Waals surface area contributed by atoms with E-state index in [2.05, 4.69) is 77.0 Å². The maximum atomic E-state index is 3.87. The summed E-state index contributed by atoms with van der Waals surface area (Å²) < 4.78 is 0. The summed E-state index contributed by atoms with van der Waals surface area (Å²) in [6.07, 6.45) is 0. The molecule has 0 saturated heterocycles. The Kier molecular flexibility index (Phi) is 2.99. The van der Waals surface area contributed by atoms with Crippen molar-refractivity contribution in [2.45, 2.75) is 5.54 Å². The van der Waals surface area contributed by atoms with Gasteiger partial charge in [-0.2, -0.15) is 0 Å². The number of fused-ring (bicyclic) bond motifs is 1. The van der Waals surface area contributed by atoms with Gasteiger partial charge in [-0.05, 0) is 27.4 Å². The molecule has 85 valence electrons. The minimum atomic E-state index is 0.234. The molecule has 3 aromatic carbocycles. The van der Waals surface area contributed by atoms with Crippen LogP contribution in [-0.2, 0) is 0 Å². The SMILES string of the molecule is [Si]C(c1ccccc1)c1cccc2ccccc12. The Hall–Kier alpha value is -1.86. The van der Waals surface area contributed by atoms with Crippen LogP contribution in [0.1, 0.15) is 16.7 Å². The van der Waals surface area contributed by atoms with Gasteiger partial charge in [-0.1, -0.05) is 72.8 Å². The highest BCUT2D eigenvalue weighted by Crippen LogP contribution is 2.28. The quantitative estimate of drug-likeness (QED) is 0.596. The lowest BCUT2D eigenvalue weighted by Gasteiger charge is -2.15. The first-order valence-corrected chi connectivity index (χ1v) is 6.68. The molecule has 0 fully saturated rings. The van der Waals surface area contributed by atoms with E-state index in [1.54, 1.807) is 0 Å². The van der Waals surface area contributed by atoms with E-state index in [0.29, 0.717) is 0 Å². The van der Waals surface area contributed by atoms with Crippen LogP contribution in [-0.4, -0.2) is 10.2 Å². The minimum Gasteiger partial charge on any atom is -0.0622 e. The second-order valence-corrected chi connectivity index (χ2v) is 4.99. The molecular weight excluding hydrogens is 232 g/mol. The predicted octanol–water partition coefficient (Wildman–Crippen LogP) is 4.10. The molecule has 0 aromatic heterocycles. The van der Waals surface area contributed by atoms with E-state index in [-0.39, 0.29) is 5.54 Å². The van der Waals surface area contributed by atoms with E-state index in [4.69, 9.17) is 0 Å². The van der Waals surface area contributed by atoms with Crippen LogP contribution < -0.4 is 0 Å². The van der Waals surface area contributed by atoms with Gasteiger partial charge >= 0.3 is 0 Å². The molecule has 1 heteroatoms. The van der Waals surface area contributed by atoms with E-state index in [1.807, 2.05) is 6.07 Å². The van der Waals surface area contributed by atoms with Gasteiger partial charge in [0.15, 0.2) is 0 Å². The molecule has 0 bridgehead atoms. The molecule has 0 nitrogen and oxygen atoms in total. The maximum Gasteiger partial charge on any atom is 0.0396 e. The van der Waals surface area contributed by atoms with E-state index >= 15 is 0 Å². The van der Waals surface area contributed by atoms with Gasteiger partial charge in [0.1, 0.15) is 0 Å². The van der Waals surface area contributed by atoms with Gasteiger partial charge in [0.25, 0.3) is 0 Å². The molecule has 0 aliphatic heterocycles. The first-order chi connectivity index (χ1) is 8.86. The highest BCUT2D eigenvalue weighted by Gasteiger charge is 2.10. The van der Waals surface area contributed by atoms with Crippen molar-refractivity contribution in [3.8, 4) is 0 Å². The maximum absolute atomic E-state index is 3.87. The van der Waals surface area contributed by atoms with Gasteiger partial charge in [-0.3, -0.25) is 0 Å². The molecule has 0 aliphatic rings. The zero-order valence-corrected chi connectivity index (χ0v) is 11.0. The van der Waals surface area contributed by atoms with Crippen LogP contribution in [0.4, 0.5) is 0 Å². The van der Waals surface area contributed by atoms with Gasteiger partial charge in [0.2, 0.25) is 0 Å². The van der Waals surface area contributed by atoms with Crippen LogP contribution in [0.2, 0.25) is 0 Å². The smallest absolute Gasteiger partial charge is 0.0396 e. The molecule has 0 saturated carbocycles. The standard InChI is InChI=1S/C17H13Si/c18-17(14-8-2-1-3-9-14)16-12-6-10-13-7-4-5-11-15(13)16/h1-12,17H. The Bertz CT molecular complexity index is 653. The highest BCUT2D eigenvalue weighted by atomic mass is 28.1. The summed E-state index contributed by atoms with van der Waals surface area (Å²) >= 11 is 0. The summed E-state index contributed by atoms with van der Waals surface area (Å²) in [5.74, 6) is 0.